The zero-order valence-corrected chi connectivity index (χ0v) is 15.4. The van der Waals surface area contributed by atoms with Crippen molar-refractivity contribution in [2.45, 2.75) is 50.5 Å². The molecule has 1 aromatic carbocycles. The number of benzene rings is 1. The van der Waals surface area contributed by atoms with Crippen LogP contribution >= 0.6 is 0 Å². The van der Waals surface area contributed by atoms with Crippen molar-refractivity contribution < 1.29 is 14.0 Å². The summed E-state index contributed by atoms with van der Waals surface area (Å²) in [7, 11) is 0. The molecule has 1 atom stereocenters. The molecular formula is C20H28FN3O2. The van der Waals surface area contributed by atoms with E-state index in [9.17, 15) is 14.0 Å². The average molecular weight is 361 g/mol. The fraction of sp³-hybridized carbons (Fsp3) is 0.600. The van der Waals surface area contributed by atoms with E-state index < -0.39 is 6.04 Å². The van der Waals surface area contributed by atoms with E-state index in [1.165, 1.54) is 6.07 Å². The molecular weight excluding hydrogens is 333 g/mol. The van der Waals surface area contributed by atoms with Crippen LogP contribution in [0.2, 0.25) is 0 Å². The summed E-state index contributed by atoms with van der Waals surface area (Å²) in [4.78, 5) is 26.7. The lowest BCUT2D eigenvalue weighted by Gasteiger charge is -2.34. The van der Waals surface area contributed by atoms with Crippen LogP contribution in [0.4, 0.5) is 4.39 Å². The Morgan fingerprint density at radius 3 is 2.85 bits per heavy atom. The van der Waals surface area contributed by atoms with Gasteiger partial charge in [0.15, 0.2) is 0 Å². The van der Waals surface area contributed by atoms with Crippen LogP contribution < -0.4 is 10.6 Å². The van der Waals surface area contributed by atoms with Gasteiger partial charge >= 0.3 is 0 Å². The van der Waals surface area contributed by atoms with E-state index in [2.05, 4.69) is 10.6 Å². The number of hydrogen-bond donors (Lipinski definition) is 2. The molecule has 0 aromatic heterocycles. The van der Waals surface area contributed by atoms with E-state index in [-0.39, 0.29) is 29.5 Å². The molecule has 1 heterocycles. The summed E-state index contributed by atoms with van der Waals surface area (Å²) < 4.78 is 13.7. The topological polar surface area (TPSA) is 61.4 Å². The van der Waals surface area contributed by atoms with Gasteiger partial charge in [0.1, 0.15) is 5.82 Å². The van der Waals surface area contributed by atoms with E-state index in [1.54, 1.807) is 12.1 Å². The molecule has 2 fully saturated rings. The number of nitrogens with zero attached hydrogens (tertiary/aromatic N) is 1. The number of nitrogens with one attached hydrogen (secondary N) is 2. The van der Waals surface area contributed by atoms with Gasteiger partial charge in [0.05, 0.1) is 12.5 Å². The Kier molecular flexibility index (Phi) is 5.91. The molecule has 1 aliphatic heterocycles. The highest BCUT2D eigenvalue weighted by Crippen LogP contribution is 2.40. The van der Waals surface area contributed by atoms with Crippen LogP contribution in [0.1, 0.15) is 44.6 Å². The molecule has 0 spiro atoms. The Bertz CT molecular complexity index is 658. The molecule has 5 nitrogen and oxygen atoms in total. The molecule has 3 rings (SSSR count). The fourth-order valence-corrected chi connectivity index (χ4v) is 4.32. The Hall–Kier alpha value is -1.95. The molecule has 1 aliphatic carbocycles. The lowest BCUT2D eigenvalue weighted by atomic mass is 9.78. The van der Waals surface area contributed by atoms with Crippen LogP contribution in [0.25, 0.3) is 0 Å². The number of carbonyl (C=O) groups excluding carboxylic acids is 2. The molecule has 26 heavy (non-hydrogen) atoms. The Balaban J connectivity index is 1.64. The second kappa shape index (κ2) is 8.16. The first-order valence-electron chi connectivity index (χ1n) is 9.58. The zero-order valence-electron chi connectivity index (χ0n) is 15.4. The molecule has 1 saturated carbocycles. The molecule has 2 aliphatic rings. The van der Waals surface area contributed by atoms with E-state index in [1.807, 2.05) is 17.9 Å². The van der Waals surface area contributed by atoms with Crippen LogP contribution in [0.15, 0.2) is 24.3 Å². The third-order valence-corrected chi connectivity index (χ3v) is 5.85. The van der Waals surface area contributed by atoms with Crippen molar-refractivity contribution in [2.75, 3.05) is 26.2 Å². The van der Waals surface area contributed by atoms with Crippen molar-refractivity contribution in [3.8, 4) is 0 Å². The number of piperazine rings is 1. The maximum absolute atomic E-state index is 13.7. The van der Waals surface area contributed by atoms with Gasteiger partial charge in [0.25, 0.3) is 0 Å². The van der Waals surface area contributed by atoms with Gasteiger partial charge in [-0.05, 0) is 37.1 Å². The first kappa shape index (κ1) is 18.8. The van der Waals surface area contributed by atoms with Crippen molar-refractivity contribution in [3.63, 3.8) is 0 Å². The van der Waals surface area contributed by atoms with Crippen molar-refractivity contribution in [1.29, 1.82) is 0 Å². The number of rotatable bonds is 6. The quantitative estimate of drug-likeness (QED) is 0.814. The minimum absolute atomic E-state index is 0.0750. The summed E-state index contributed by atoms with van der Waals surface area (Å²) >= 11 is 0. The molecule has 2 N–H and O–H groups in total. The van der Waals surface area contributed by atoms with Gasteiger partial charge in [-0.25, -0.2) is 4.39 Å². The summed E-state index contributed by atoms with van der Waals surface area (Å²) in [5.74, 6) is -0.431. The normalized spacial score (nSPS) is 22.8. The van der Waals surface area contributed by atoms with Crippen molar-refractivity contribution in [2.24, 2.45) is 0 Å². The van der Waals surface area contributed by atoms with E-state index >= 15 is 0 Å². The third-order valence-electron chi connectivity index (χ3n) is 5.85. The number of carbonyl (C=O) groups is 2. The van der Waals surface area contributed by atoms with Crippen LogP contribution in [0.3, 0.4) is 0 Å². The van der Waals surface area contributed by atoms with E-state index in [4.69, 9.17) is 0 Å². The molecule has 0 radical (unpaired) electrons. The minimum Gasteiger partial charge on any atom is -0.355 e. The van der Waals surface area contributed by atoms with Gasteiger partial charge in [-0.3, -0.25) is 14.5 Å². The summed E-state index contributed by atoms with van der Waals surface area (Å²) in [6.45, 7) is 4.65. The maximum atomic E-state index is 13.7. The van der Waals surface area contributed by atoms with Gasteiger partial charge in [-0.15, -0.1) is 0 Å². The van der Waals surface area contributed by atoms with Crippen molar-refractivity contribution >= 4 is 11.8 Å². The van der Waals surface area contributed by atoms with Crippen LogP contribution in [0, 0.1) is 5.82 Å². The highest BCUT2D eigenvalue weighted by atomic mass is 19.1. The number of amides is 2. The van der Waals surface area contributed by atoms with Crippen LogP contribution in [-0.4, -0.2) is 48.9 Å². The molecule has 0 bridgehead atoms. The molecule has 6 heteroatoms. The van der Waals surface area contributed by atoms with Gasteiger partial charge < -0.3 is 10.6 Å². The number of likely N-dealkylation sites (N-methyl/N-ethyl adjacent to an activating group) is 1. The molecule has 2 amide bonds. The first-order valence-corrected chi connectivity index (χ1v) is 9.58. The van der Waals surface area contributed by atoms with Crippen LogP contribution in [0.5, 0.6) is 0 Å². The van der Waals surface area contributed by atoms with Gasteiger partial charge in [-0.2, -0.15) is 0 Å². The summed E-state index contributed by atoms with van der Waals surface area (Å²) in [6.07, 6.45) is 4.23. The lowest BCUT2D eigenvalue weighted by molar-refractivity contribution is -0.133. The van der Waals surface area contributed by atoms with Crippen molar-refractivity contribution in [1.82, 2.24) is 15.5 Å². The Labute approximate surface area is 154 Å². The van der Waals surface area contributed by atoms with Crippen molar-refractivity contribution in [3.05, 3.63) is 35.6 Å². The van der Waals surface area contributed by atoms with E-state index in [0.29, 0.717) is 13.1 Å². The summed E-state index contributed by atoms with van der Waals surface area (Å²) in [5.41, 5.74) is 0.762. The number of halogens is 1. The fourth-order valence-electron chi connectivity index (χ4n) is 4.32. The highest BCUT2D eigenvalue weighted by Gasteiger charge is 2.37. The minimum atomic E-state index is -0.401. The lowest BCUT2D eigenvalue weighted by Crippen LogP contribution is -2.56. The Morgan fingerprint density at radius 1 is 1.38 bits per heavy atom. The smallest absolute Gasteiger partial charge is 0.237 e. The molecule has 1 saturated heterocycles. The number of hydrogen-bond acceptors (Lipinski definition) is 3. The van der Waals surface area contributed by atoms with Gasteiger partial charge in [0, 0.05) is 25.0 Å². The van der Waals surface area contributed by atoms with Gasteiger partial charge in [0.2, 0.25) is 11.8 Å². The second-order valence-electron chi connectivity index (χ2n) is 7.41. The Morgan fingerprint density at radius 2 is 2.15 bits per heavy atom. The zero-order chi connectivity index (χ0) is 18.6. The first-order chi connectivity index (χ1) is 12.5. The van der Waals surface area contributed by atoms with E-state index in [0.717, 1.165) is 44.3 Å². The third kappa shape index (κ3) is 4.06. The summed E-state index contributed by atoms with van der Waals surface area (Å²) in [5, 5.41) is 5.86. The predicted octanol–water partition coefficient (Wildman–Crippen LogP) is 1.96. The second-order valence-corrected chi connectivity index (χ2v) is 7.41. The SMILES string of the molecule is CCN1CCNC(=O)[C@H]1CC(=O)NCC1(c2cccc(F)c2)CCCC1. The predicted molar refractivity (Wildman–Crippen MR) is 98.2 cm³/mol. The molecule has 1 aromatic rings. The molecule has 0 unspecified atom stereocenters. The van der Waals surface area contributed by atoms with Gasteiger partial charge in [-0.1, -0.05) is 31.9 Å². The highest BCUT2D eigenvalue weighted by molar-refractivity contribution is 5.88. The van der Waals surface area contributed by atoms with Crippen LogP contribution in [-0.2, 0) is 15.0 Å². The molecule has 142 valence electrons. The average Bonchev–Trinajstić information content (AvgIpc) is 3.12. The summed E-state index contributed by atoms with van der Waals surface area (Å²) in [6, 6.07) is 6.32. The monoisotopic (exact) mass is 361 g/mol. The largest absolute Gasteiger partial charge is 0.355 e. The standard InChI is InChI=1S/C20H28FN3O2/c1-2-24-11-10-22-19(26)17(24)13-18(25)23-14-20(8-3-4-9-20)15-6-5-7-16(21)12-15/h5-7,12,17H,2-4,8-11,13-14H2,1H3,(H,22,26)(H,23,25)/t17-/m1/s1. The maximum Gasteiger partial charge on any atom is 0.237 e.